The molecule has 9 heteroatoms. The van der Waals surface area contributed by atoms with Crippen molar-refractivity contribution in [2.45, 2.75) is 26.3 Å². The van der Waals surface area contributed by atoms with Crippen molar-refractivity contribution in [1.82, 2.24) is 9.13 Å². The van der Waals surface area contributed by atoms with Gasteiger partial charge in [-0.05, 0) is 37.1 Å². The van der Waals surface area contributed by atoms with Crippen LogP contribution >= 0.6 is 11.6 Å². The first-order valence-electron chi connectivity index (χ1n) is 10.6. The minimum absolute atomic E-state index is 0.0769. The molecule has 174 valence electrons. The highest BCUT2D eigenvalue weighted by atomic mass is 35.5. The third kappa shape index (κ3) is 5.00. The zero-order chi connectivity index (χ0) is 24.2. The Morgan fingerprint density at radius 2 is 1.85 bits per heavy atom. The van der Waals surface area contributed by atoms with Gasteiger partial charge >= 0.3 is 5.69 Å². The number of carbonyl (C=O) groups is 1. The Bertz CT molecular complexity index is 1430. The van der Waals surface area contributed by atoms with Crippen molar-refractivity contribution in [3.05, 3.63) is 85.1 Å². The number of nitrogens with zero attached hydrogens (tertiary/aromatic N) is 2. The lowest BCUT2D eigenvalue weighted by Crippen LogP contribution is -2.40. The molecular weight excluding hydrogens is 458 g/mol. The van der Waals surface area contributed by atoms with E-state index in [4.69, 9.17) is 21.1 Å². The minimum atomic E-state index is -0.682. The molecule has 0 radical (unpaired) electrons. The lowest BCUT2D eigenvalue weighted by atomic mass is 10.1. The van der Waals surface area contributed by atoms with Gasteiger partial charge in [0.15, 0.2) is 11.5 Å². The standard InChI is InChI=1S/C25H22ClN3O5/c1-16-5-7-17(8-6-16)10-12-21(30)27-22-23(26)29(25(32)28(2)24(22)31)13-3-4-18-9-11-19-20(14-18)34-15-33-19/h5-9,11,14H,10,12-13,15H2,1-2H3,(H,27,30). The van der Waals surface area contributed by atoms with Gasteiger partial charge in [-0.25, -0.2) is 4.79 Å². The van der Waals surface area contributed by atoms with Gasteiger partial charge in [0.1, 0.15) is 10.8 Å². The molecular formula is C25H22ClN3O5. The maximum absolute atomic E-state index is 12.6. The maximum atomic E-state index is 12.6. The highest BCUT2D eigenvalue weighted by Gasteiger charge is 2.18. The van der Waals surface area contributed by atoms with Crippen LogP contribution in [0.2, 0.25) is 5.15 Å². The molecule has 0 saturated heterocycles. The molecule has 0 atom stereocenters. The van der Waals surface area contributed by atoms with E-state index >= 15 is 0 Å². The molecule has 1 aliphatic rings. The number of benzene rings is 2. The number of halogens is 1. The number of aromatic nitrogens is 2. The summed E-state index contributed by atoms with van der Waals surface area (Å²) >= 11 is 6.36. The second-order valence-corrected chi connectivity index (χ2v) is 8.16. The van der Waals surface area contributed by atoms with Gasteiger partial charge in [0.25, 0.3) is 5.56 Å². The molecule has 2 heterocycles. The molecule has 4 rings (SSSR count). The first-order chi connectivity index (χ1) is 16.3. The fourth-order valence-corrected chi connectivity index (χ4v) is 3.65. The summed E-state index contributed by atoms with van der Waals surface area (Å²) in [6.45, 7) is 2.07. The van der Waals surface area contributed by atoms with Crippen molar-refractivity contribution < 1.29 is 14.3 Å². The molecule has 0 unspecified atom stereocenters. The van der Waals surface area contributed by atoms with Crippen molar-refractivity contribution >= 4 is 23.2 Å². The topological polar surface area (TPSA) is 91.6 Å². The number of nitrogens with one attached hydrogen (secondary N) is 1. The van der Waals surface area contributed by atoms with Crippen molar-refractivity contribution in [3.8, 4) is 23.3 Å². The summed E-state index contributed by atoms with van der Waals surface area (Å²) in [6.07, 6.45) is 0.663. The van der Waals surface area contributed by atoms with E-state index < -0.39 is 11.2 Å². The van der Waals surface area contributed by atoms with E-state index in [2.05, 4.69) is 17.2 Å². The first-order valence-corrected chi connectivity index (χ1v) is 10.9. The van der Waals surface area contributed by atoms with Gasteiger partial charge in [-0.1, -0.05) is 53.3 Å². The largest absolute Gasteiger partial charge is 0.454 e. The average Bonchev–Trinajstić information content (AvgIpc) is 3.30. The Balaban J connectivity index is 1.51. The van der Waals surface area contributed by atoms with Crippen molar-refractivity contribution in [3.63, 3.8) is 0 Å². The summed E-state index contributed by atoms with van der Waals surface area (Å²) in [5.74, 6) is 6.67. The Hall–Kier alpha value is -3.96. The molecule has 0 aliphatic carbocycles. The van der Waals surface area contributed by atoms with Crippen LogP contribution in [-0.2, 0) is 24.8 Å². The summed E-state index contributed by atoms with van der Waals surface area (Å²) in [6, 6.07) is 13.1. The quantitative estimate of drug-likeness (QED) is 0.449. The summed E-state index contributed by atoms with van der Waals surface area (Å²) in [7, 11) is 1.32. The Kier molecular flexibility index (Phi) is 6.75. The fraction of sp³-hybridized carbons (Fsp3) is 0.240. The van der Waals surface area contributed by atoms with Crippen molar-refractivity contribution in [2.75, 3.05) is 12.1 Å². The number of anilines is 1. The number of hydrogen-bond acceptors (Lipinski definition) is 5. The van der Waals surface area contributed by atoms with Gasteiger partial charge in [0.05, 0.1) is 6.54 Å². The van der Waals surface area contributed by atoms with Gasteiger partial charge in [0, 0.05) is 19.0 Å². The molecule has 0 saturated carbocycles. The van der Waals surface area contributed by atoms with E-state index in [1.54, 1.807) is 18.2 Å². The van der Waals surface area contributed by atoms with E-state index in [1.807, 2.05) is 31.2 Å². The zero-order valence-corrected chi connectivity index (χ0v) is 19.4. The van der Waals surface area contributed by atoms with Crippen LogP contribution in [0.25, 0.3) is 0 Å². The normalized spacial score (nSPS) is 11.6. The van der Waals surface area contributed by atoms with E-state index in [-0.39, 0.29) is 36.5 Å². The Labute approximate surface area is 200 Å². The van der Waals surface area contributed by atoms with Gasteiger partial charge in [-0.3, -0.25) is 18.7 Å². The van der Waals surface area contributed by atoms with Crippen LogP contribution in [0, 0.1) is 18.8 Å². The number of aryl methyl sites for hydroxylation is 2. The maximum Gasteiger partial charge on any atom is 0.332 e. The molecule has 0 spiro atoms. The summed E-state index contributed by atoms with van der Waals surface area (Å²) in [5.41, 5.74) is 1.34. The molecule has 3 aromatic rings. The van der Waals surface area contributed by atoms with Gasteiger partial charge in [-0.2, -0.15) is 0 Å². The average molecular weight is 480 g/mol. The molecule has 34 heavy (non-hydrogen) atoms. The monoisotopic (exact) mass is 479 g/mol. The molecule has 2 aromatic carbocycles. The van der Waals surface area contributed by atoms with E-state index in [9.17, 15) is 14.4 Å². The zero-order valence-electron chi connectivity index (χ0n) is 18.7. The van der Waals surface area contributed by atoms with Crippen LogP contribution in [0.5, 0.6) is 11.5 Å². The van der Waals surface area contributed by atoms with E-state index in [1.165, 1.54) is 7.05 Å². The number of fused-ring (bicyclic) bond motifs is 1. The van der Waals surface area contributed by atoms with Crippen LogP contribution in [0.15, 0.2) is 52.1 Å². The third-order valence-corrected chi connectivity index (χ3v) is 5.74. The number of hydrogen-bond donors (Lipinski definition) is 1. The number of amides is 1. The molecule has 8 nitrogen and oxygen atoms in total. The Morgan fingerprint density at radius 1 is 1.12 bits per heavy atom. The van der Waals surface area contributed by atoms with Crippen LogP contribution in [0.4, 0.5) is 5.69 Å². The first kappa shape index (κ1) is 23.2. The van der Waals surface area contributed by atoms with E-state index in [0.717, 1.165) is 20.3 Å². The highest BCUT2D eigenvalue weighted by Crippen LogP contribution is 2.32. The molecule has 1 amide bonds. The SMILES string of the molecule is Cc1ccc(CCC(=O)Nc2c(Cl)n(CC#Cc3ccc4c(c3)OCO4)c(=O)n(C)c2=O)cc1. The highest BCUT2D eigenvalue weighted by molar-refractivity contribution is 6.32. The summed E-state index contributed by atoms with van der Waals surface area (Å²) in [5, 5.41) is 2.39. The second kappa shape index (κ2) is 9.89. The Morgan fingerprint density at radius 3 is 2.62 bits per heavy atom. The van der Waals surface area contributed by atoms with Crippen LogP contribution in [-0.4, -0.2) is 21.8 Å². The third-order valence-electron chi connectivity index (χ3n) is 5.35. The number of carbonyl (C=O) groups excluding carboxylic acids is 1. The van der Waals surface area contributed by atoms with Crippen LogP contribution in [0.3, 0.4) is 0 Å². The summed E-state index contributed by atoms with van der Waals surface area (Å²) < 4.78 is 12.6. The van der Waals surface area contributed by atoms with Crippen LogP contribution < -0.4 is 26.0 Å². The van der Waals surface area contributed by atoms with Gasteiger partial charge < -0.3 is 14.8 Å². The molecule has 1 aromatic heterocycles. The smallest absolute Gasteiger partial charge is 0.332 e. The van der Waals surface area contributed by atoms with Crippen molar-refractivity contribution in [1.29, 1.82) is 0 Å². The second-order valence-electron chi connectivity index (χ2n) is 7.80. The van der Waals surface area contributed by atoms with Gasteiger partial charge in [0.2, 0.25) is 12.7 Å². The molecule has 0 fully saturated rings. The number of rotatable bonds is 5. The lowest BCUT2D eigenvalue weighted by Gasteiger charge is -2.13. The molecule has 0 bridgehead atoms. The van der Waals surface area contributed by atoms with Gasteiger partial charge in [-0.15, -0.1) is 0 Å². The predicted octanol–water partition coefficient (Wildman–Crippen LogP) is 2.86. The van der Waals surface area contributed by atoms with Crippen molar-refractivity contribution in [2.24, 2.45) is 7.05 Å². The van der Waals surface area contributed by atoms with Crippen LogP contribution in [0.1, 0.15) is 23.1 Å². The summed E-state index contributed by atoms with van der Waals surface area (Å²) in [4.78, 5) is 37.7. The molecule has 1 aliphatic heterocycles. The van der Waals surface area contributed by atoms with E-state index in [0.29, 0.717) is 23.5 Å². The minimum Gasteiger partial charge on any atom is -0.454 e. The predicted molar refractivity (Wildman–Crippen MR) is 129 cm³/mol. The molecule has 1 N–H and O–H groups in total. The lowest BCUT2D eigenvalue weighted by molar-refractivity contribution is -0.116. The fourth-order valence-electron chi connectivity index (χ4n) is 3.39. The number of ether oxygens (including phenoxy) is 2.